The Bertz CT molecular complexity index is 472. The van der Waals surface area contributed by atoms with Gasteiger partial charge in [-0.05, 0) is 37.0 Å². The number of rotatable bonds is 3. The van der Waals surface area contributed by atoms with Crippen molar-refractivity contribution in [3.8, 4) is 0 Å². The Balaban J connectivity index is 2.17. The number of benzene rings is 1. The Hall–Kier alpha value is -1.22. The molecule has 0 heterocycles. The van der Waals surface area contributed by atoms with E-state index in [1.54, 1.807) is 0 Å². The Morgan fingerprint density at radius 3 is 2.74 bits per heavy atom. The van der Waals surface area contributed by atoms with Crippen LogP contribution in [0.1, 0.15) is 38.2 Å². The van der Waals surface area contributed by atoms with Crippen molar-refractivity contribution in [2.45, 2.75) is 38.6 Å². The molecule has 2 unspecified atom stereocenters. The molecule has 2 atom stereocenters. The molecular formula is C15H22ClN3. The van der Waals surface area contributed by atoms with Crippen LogP contribution in [0.15, 0.2) is 18.2 Å². The summed E-state index contributed by atoms with van der Waals surface area (Å²) in [5.41, 5.74) is 7.20. The fraction of sp³-hybridized carbons (Fsp3) is 0.533. The third-order valence-corrected chi connectivity index (χ3v) is 4.42. The Morgan fingerprint density at radius 2 is 2.16 bits per heavy atom. The van der Waals surface area contributed by atoms with Crippen molar-refractivity contribution in [3.63, 3.8) is 0 Å². The molecule has 1 aliphatic carbocycles. The monoisotopic (exact) mass is 279 g/mol. The molecule has 3 nitrogen and oxygen atoms in total. The number of nitrogens with zero attached hydrogens (tertiary/aromatic N) is 1. The second-order valence-corrected chi connectivity index (χ2v) is 6.02. The highest BCUT2D eigenvalue weighted by molar-refractivity contribution is 6.34. The van der Waals surface area contributed by atoms with Gasteiger partial charge in [0.15, 0.2) is 0 Å². The van der Waals surface area contributed by atoms with Gasteiger partial charge in [0.1, 0.15) is 5.84 Å². The third kappa shape index (κ3) is 3.21. The highest BCUT2D eigenvalue weighted by Gasteiger charge is 2.23. The SMILES string of the molecule is CC1CCCC(N(C)c2ccc(C(=N)N)c(Cl)c2)C1. The van der Waals surface area contributed by atoms with Crippen LogP contribution in [0.4, 0.5) is 5.69 Å². The summed E-state index contributed by atoms with van der Waals surface area (Å²) in [5, 5.41) is 8.01. The van der Waals surface area contributed by atoms with Gasteiger partial charge in [0.2, 0.25) is 0 Å². The second-order valence-electron chi connectivity index (χ2n) is 5.61. The minimum absolute atomic E-state index is 0.0190. The Labute approximate surface area is 120 Å². The van der Waals surface area contributed by atoms with E-state index in [9.17, 15) is 0 Å². The largest absolute Gasteiger partial charge is 0.384 e. The van der Waals surface area contributed by atoms with E-state index < -0.39 is 0 Å². The Kier molecular flexibility index (Phi) is 4.35. The maximum atomic E-state index is 7.46. The van der Waals surface area contributed by atoms with Crippen molar-refractivity contribution in [1.82, 2.24) is 0 Å². The number of halogens is 1. The molecular weight excluding hydrogens is 258 g/mol. The standard InChI is InChI=1S/C15H22ClN3/c1-10-4-3-5-11(8-10)19(2)12-6-7-13(15(17)18)14(16)9-12/h6-7,9-11H,3-5,8H2,1-2H3,(H3,17,18). The summed E-state index contributed by atoms with van der Waals surface area (Å²) in [4.78, 5) is 2.31. The van der Waals surface area contributed by atoms with Crippen molar-refractivity contribution < 1.29 is 0 Å². The van der Waals surface area contributed by atoms with Crippen LogP contribution >= 0.6 is 11.6 Å². The summed E-state index contributed by atoms with van der Waals surface area (Å²) in [6.45, 7) is 2.33. The highest BCUT2D eigenvalue weighted by atomic mass is 35.5. The Morgan fingerprint density at radius 1 is 1.42 bits per heavy atom. The van der Waals surface area contributed by atoms with Crippen LogP contribution in [0.3, 0.4) is 0 Å². The smallest absolute Gasteiger partial charge is 0.124 e. The molecule has 1 aromatic carbocycles. The minimum Gasteiger partial charge on any atom is -0.384 e. The molecule has 1 saturated carbocycles. The first-order valence-corrected chi connectivity index (χ1v) is 7.23. The summed E-state index contributed by atoms with van der Waals surface area (Å²) in [6.07, 6.45) is 5.12. The van der Waals surface area contributed by atoms with Gasteiger partial charge in [0.05, 0.1) is 5.02 Å². The van der Waals surface area contributed by atoms with Crippen molar-refractivity contribution in [3.05, 3.63) is 28.8 Å². The lowest BCUT2D eigenvalue weighted by molar-refractivity contribution is 0.336. The summed E-state index contributed by atoms with van der Waals surface area (Å²) in [7, 11) is 2.13. The first-order valence-electron chi connectivity index (χ1n) is 6.86. The number of nitrogen functional groups attached to an aromatic ring is 1. The first kappa shape index (κ1) is 14.2. The third-order valence-electron chi connectivity index (χ3n) is 4.11. The van der Waals surface area contributed by atoms with Crippen molar-refractivity contribution in [2.24, 2.45) is 11.7 Å². The predicted molar refractivity (Wildman–Crippen MR) is 82.3 cm³/mol. The van der Waals surface area contributed by atoms with Crippen LogP contribution in [0.5, 0.6) is 0 Å². The summed E-state index contributed by atoms with van der Waals surface area (Å²) in [5.74, 6) is 0.818. The average molecular weight is 280 g/mol. The number of hydrogen-bond donors (Lipinski definition) is 2. The van der Waals surface area contributed by atoms with Crippen LogP contribution in [0.2, 0.25) is 5.02 Å². The van der Waals surface area contributed by atoms with E-state index in [-0.39, 0.29) is 5.84 Å². The van der Waals surface area contributed by atoms with Crippen molar-refractivity contribution >= 4 is 23.1 Å². The molecule has 0 radical (unpaired) electrons. The van der Waals surface area contributed by atoms with Gasteiger partial charge in [-0.25, -0.2) is 0 Å². The van der Waals surface area contributed by atoms with Gasteiger partial charge < -0.3 is 10.6 Å². The zero-order valence-electron chi connectivity index (χ0n) is 11.6. The molecule has 0 amide bonds. The van der Waals surface area contributed by atoms with Gasteiger partial charge >= 0.3 is 0 Å². The molecule has 4 heteroatoms. The van der Waals surface area contributed by atoms with E-state index in [0.717, 1.165) is 11.6 Å². The van der Waals surface area contributed by atoms with E-state index in [1.165, 1.54) is 25.7 Å². The van der Waals surface area contributed by atoms with Crippen molar-refractivity contribution in [1.29, 1.82) is 5.41 Å². The molecule has 3 N–H and O–H groups in total. The molecule has 0 bridgehead atoms. The number of nitrogens with two attached hydrogens (primary N) is 1. The van der Waals surface area contributed by atoms with E-state index >= 15 is 0 Å². The molecule has 104 valence electrons. The molecule has 0 spiro atoms. The maximum absolute atomic E-state index is 7.46. The van der Waals surface area contributed by atoms with Crippen LogP contribution in [-0.4, -0.2) is 18.9 Å². The zero-order valence-corrected chi connectivity index (χ0v) is 12.4. The molecule has 0 saturated heterocycles. The number of anilines is 1. The van der Waals surface area contributed by atoms with E-state index in [0.29, 0.717) is 16.6 Å². The highest BCUT2D eigenvalue weighted by Crippen LogP contribution is 2.31. The zero-order chi connectivity index (χ0) is 14.0. The van der Waals surface area contributed by atoms with Gasteiger partial charge in [-0.1, -0.05) is 31.4 Å². The molecule has 2 rings (SSSR count). The number of amidine groups is 1. The van der Waals surface area contributed by atoms with Crippen LogP contribution < -0.4 is 10.6 Å². The normalized spacial score (nSPS) is 23.1. The molecule has 0 aliphatic heterocycles. The average Bonchev–Trinajstić information content (AvgIpc) is 2.37. The van der Waals surface area contributed by atoms with Gasteiger partial charge in [-0.3, -0.25) is 5.41 Å². The summed E-state index contributed by atoms with van der Waals surface area (Å²) >= 11 is 6.19. The molecule has 1 aromatic rings. The van der Waals surface area contributed by atoms with Crippen LogP contribution in [0, 0.1) is 11.3 Å². The topological polar surface area (TPSA) is 53.1 Å². The predicted octanol–water partition coefficient (Wildman–Crippen LogP) is 3.64. The summed E-state index contributed by atoms with van der Waals surface area (Å²) in [6, 6.07) is 6.34. The molecule has 19 heavy (non-hydrogen) atoms. The maximum Gasteiger partial charge on any atom is 0.124 e. The van der Waals surface area contributed by atoms with E-state index in [2.05, 4.69) is 18.9 Å². The number of hydrogen-bond acceptors (Lipinski definition) is 2. The second kappa shape index (κ2) is 5.83. The molecule has 1 fully saturated rings. The fourth-order valence-electron chi connectivity index (χ4n) is 2.91. The summed E-state index contributed by atoms with van der Waals surface area (Å²) < 4.78 is 0. The lowest BCUT2D eigenvalue weighted by Gasteiger charge is -2.35. The van der Waals surface area contributed by atoms with Crippen molar-refractivity contribution in [2.75, 3.05) is 11.9 Å². The number of nitrogens with one attached hydrogen (secondary N) is 1. The van der Waals surface area contributed by atoms with Gasteiger partial charge in [-0.2, -0.15) is 0 Å². The molecule has 1 aliphatic rings. The van der Waals surface area contributed by atoms with Gasteiger partial charge in [0.25, 0.3) is 0 Å². The lowest BCUT2D eigenvalue weighted by Crippen LogP contribution is -2.35. The first-order chi connectivity index (χ1) is 8.99. The van der Waals surface area contributed by atoms with E-state index in [4.69, 9.17) is 22.7 Å². The quantitative estimate of drug-likeness (QED) is 0.656. The fourth-order valence-corrected chi connectivity index (χ4v) is 3.18. The lowest BCUT2D eigenvalue weighted by atomic mass is 9.86. The van der Waals surface area contributed by atoms with Crippen LogP contribution in [-0.2, 0) is 0 Å². The van der Waals surface area contributed by atoms with Gasteiger partial charge in [0, 0.05) is 24.3 Å². The van der Waals surface area contributed by atoms with E-state index in [1.807, 2.05) is 18.2 Å². The minimum atomic E-state index is 0.0190. The van der Waals surface area contributed by atoms with Crippen LogP contribution in [0.25, 0.3) is 0 Å². The van der Waals surface area contributed by atoms with Gasteiger partial charge in [-0.15, -0.1) is 0 Å². The molecule has 0 aromatic heterocycles.